The first-order valence-corrected chi connectivity index (χ1v) is 8.38. The molecule has 0 spiro atoms. The summed E-state index contributed by atoms with van der Waals surface area (Å²) in [5.41, 5.74) is 1.26. The van der Waals surface area contributed by atoms with E-state index < -0.39 is 0 Å². The van der Waals surface area contributed by atoms with Crippen molar-refractivity contribution in [3.05, 3.63) is 34.9 Å². The van der Waals surface area contributed by atoms with Crippen LogP contribution in [0.15, 0.2) is 24.3 Å². The van der Waals surface area contributed by atoms with Gasteiger partial charge < -0.3 is 4.90 Å². The molecular formula is C17H21ClN2O. The first-order chi connectivity index (χ1) is 10.2. The number of benzene rings is 1. The molecule has 0 N–H and O–H groups in total. The molecule has 2 saturated carbocycles. The fourth-order valence-corrected chi connectivity index (χ4v) is 3.65. The molecule has 0 radical (unpaired) electrons. The number of carbonyl (C=O) groups excluding carboxylic acids is 1. The molecule has 1 aromatic carbocycles. The number of halogens is 1. The molecule has 0 bridgehead atoms. The Kier molecular flexibility index (Phi) is 3.43. The molecule has 4 rings (SSSR count). The predicted molar refractivity (Wildman–Crippen MR) is 83.5 cm³/mol. The van der Waals surface area contributed by atoms with Crippen LogP contribution in [0.25, 0.3) is 0 Å². The van der Waals surface area contributed by atoms with E-state index in [1.54, 1.807) is 0 Å². The molecule has 3 nitrogen and oxygen atoms in total. The van der Waals surface area contributed by atoms with Gasteiger partial charge in [0.1, 0.15) is 0 Å². The Morgan fingerprint density at radius 2 is 1.71 bits per heavy atom. The lowest BCUT2D eigenvalue weighted by molar-refractivity contribution is -0.134. The van der Waals surface area contributed by atoms with Crippen LogP contribution in [-0.4, -0.2) is 47.9 Å². The zero-order valence-electron chi connectivity index (χ0n) is 12.2. The van der Waals surface area contributed by atoms with Crippen LogP contribution in [-0.2, 0) is 4.79 Å². The van der Waals surface area contributed by atoms with E-state index in [-0.39, 0.29) is 5.92 Å². The van der Waals surface area contributed by atoms with Crippen LogP contribution in [0.3, 0.4) is 0 Å². The van der Waals surface area contributed by atoms with E-state index in [9.17, 15) is 4.79 Å². The van der Waals surface area contributed by atoms with Gasteiger partial charge in [-0.3, -0.25) is 9.69 Å². The van der Waals surface area contributed by atoms with E-state index >= 15 is 0 Å². The average molecular weight is 305 g/mol. The van der Waals surface area contributed by atoms with E-state index in [1.165, 1.54) is 18.4 Å². The second-order valence-electron chi connectivity index (χ2n) is 6.59. The molecule has 1 saturated heterocycles. The number of rotatable bonds is 3. The highest BCUT2D eigenvalue weighted by Crippen LogP contribution is 2.48. The minimum Gasteiger partial charge on any atom is -0.340 e. The maximum absolute atomic E-state index is 12.6. The molecule has 1 aromatic rings. The topological polar surface area (TPSA) is 23.6 Å². The third kappa shape index (κ3) is 2.82. The lowest BCUT2D eigenvalue weighted by Crippen LogP contribution is -2.49. The highest BCUT2D eigenvalue weighted by molar-refractivity contribution is 6.30. The maximum Gasteiger partial charge on any atom is 0.226 e. The average Bonchev–Trinajstić information content (AvgIpc) is 3.39. The molecule has 1 heterocycles. The van der Waals surface area contributed by atoms with Crippen molar-refractivity contribution in [3.8, 4) is 0 Å². The molecular weight excluding hydrogens is 284 g/mol. The Labute approximate surface area is 130 Å². The third-order valence-electron chi connectivity index (χ3n) is 5.10. The number of hydrogen-bond donors (Lipinski definition) is 0. The van der Waals surface area contributed by atoms with E-state index in [2.05, 4.69) is 21.9 Å². The summed E-state index contributed by atoms with van der Waals surface area (Å²) in [6.45, 7) is 3.96. The molecule has 2 atom stereocenters. The molecule has 112 valence electrons. The highest BCUT2D eigenvalue weighted by Gasteiger charge is 2.46. The Morgan fingerprint density at radius 3 is 2.33 bits per heavy atom. The summed E-state index contributed by atoms with van der Waals surface area (Å²) in [5.74, 6) is 0.986. The number of carbonyl (C=O) groups is 1. The van der Waals surface area contributed by atoms with Gasteiger partial charge >= 0.3 is 0 Å². The van der Waals surface area contributed by atoms with Crippen molar-refractivity contribution in [2.75, 3.05) is 26.2 Å². The summed E-state index contributed by atoms with van der Waals surface area (Å²) in [4.78, 5) is 17.2. The fraction of sp³-hybridized carbons (Fsp3) is 0.588. The molecule has 2 aliphatic carbocycles. The lowest BCUT2D eigenvalue weighted by atomic mass is 10.1. The van der Waals surface area contributed by atoms with E-state index in [4.69, 9.17) is 11.6 Å². The minimum atomic E-state index is 0.207. The standard InChI is InChI=1S/C17H21ClN2O/c18-13-3-1-12(2-4-13)15-11-16(15)17(21)20-9-7-19(8-10-20)14-5-6-14/h1-4,14-16H,5-11H2/t15-,16+/m0/s1. The van der Waals surface area contributed by atoms with Gasteiger partial charge in [0.15, 0.2) is 0 Å². The summed E-state index contributed by atoms with van der Waals surface area (Å²) in [7, 11) is 0. The Hall–Kier alpha value is -1.06. The molecule has 1 amide bonds. The fourth-order valence-electron chi connectivity index (χ4n) is 3.53. The van der Waals surface area contributed by atoms with Crippen LogP contribution in [0.2, 0.25) is 5.02 Å². The van der Waals surface area contributed by atoms with Crippen LogP contribution >= 0.6 is 11.6 Å². The summed E-state index contributed by atoms with van der Waals surface area (Å²) in [5, 5.41) is 0.762. The summed E-state index contributed by atoms with van der Waals surface area (Å²) < 4.78 is 0. The zero-order valence-corrected chi connectivity index (χ0v) is 12.9. The smallest absolute Gasteiger partial charge is 0.226 e. The molecule has 3 fully saturated rings. The summed E-state index contributed by atoms with van der Waals surface area (Å²) >= 11 is 5.92. The van der Waals surface area contributed by atoms with Crippen molar-refractivity contribution in [2.45, 2.75) is 31.2 Å². The van der Waals surface area contributed by atoms with Gasteiger partial charge in [-0.1, -0.05) is 23.7 Å². The molecule has 4 heteroatoms. The minimum absolute atomic E-state index is 0.207. The van der Waals surface area contributed by atoms with Crippen LogP contribution < -0.4 is 0 Å². The number of nitrogens with zero attached hydrogens (tertiary/aromatic N) is 2. The van der Waals surface area contributed by atoms with Gasteiger partial charge in [0, 0.05) is 43.2 Å². The second kappa shape index (κ2) is 5.29. The van der Waals surface area contributed by atoms with Gasteiger partial charge in [0.2, 0.25) is 5.91 Å². The Bertz CT molecular complexity index is 532. The first kappa shape index (κ1) is 13.6. The molecule has 3 aliphatic rings. The number of amides is 1. The zero-order chi connectivity index (χ0) is 14.4. The van der Waals surface area contributed by atoms with Gasteiger partial charge in [-0.15, -0.1) is 0 Å². The van der Waals surface area contributed by atoms with Crippen molar-refractivity contribution < 1.29 is 4.79 Å². The van der Waals surface area contributed by atoms with Crippen LogP contribution in [0.1, 0.15) is 30.7 Å². The molecule has 0 aromatic heterocycles. The summed E-state index contributed by atoms with van der Waals surface area (Å²) in [6, 6.07) is 8.79. The normalized spacial score (nSPS) is 29.5. The summed E-state index contributed by atoms with van der Waals surface area (Å²) in [6.07, 6.45) is 3.72. The van der Waals surface area contributed by atoms with Gasteiger partial charge in [-0.05, 0) is 42.9 Å². The van der Waals surface area contributed by atoms with Crippen molar-refractivity contribution >= 4 is 17.5 Å². The molecule has 1 aliphatic heterocycles. The monoisotopic (exact) mass is 304 g/mol. The van der Waals surface area contributed by atoms with Crippen LogP contribution in [0.4, 0.5) is 0 Å². The number of piperazine rings is 1. The first-order valence-electron chi connectivity index (χ1n) is 8.00. The molecule has 0 unspecified atom stereocenters. The lowest BCUT2D eigenvalue weighted by Gasteiger charge is -2.35. The Morgan fingerprint density at radius 1 is 1.05 bits per heavy atom. The van der Waals surface area contributed by atoms with Crippen molar-refractivity contribution in [3.63, 3.8) is 0 Å². The largest absolute Gasteiger partial charge is 0.340 e. The Balaban J connectivity index is 1.33. The van der Waals surface area contributed by atoms with Crippen molar-refractivity contribution in [1.82, 2.24) is 9.80 Å². The van der Waals surface area contributed by atoms with Crippen LogP contribution in [0, 0.1) is 5.92 Å². The predicted octanol–water partition coefficient (Wildman–Crippen LogP) is 2.75. The van der Waals surface area contributed by atoms with Gasteiger partial charge in [-0.2, -0.15) is 0 Å². The van der Waals surface area contributed by atoms with Gasteiger partial charge in [-0.25, -0.2) is 0 Å². The molecule has 21 heavy (non-hydrogen) atoms. The van der Waals surface area contributed by atoms with E-state index in [0.29, 0.717) is 11.8 Å². The maximum atomic E-state index is 12.6. The van der Waals surface area contributed by atoms with E-state index in [0.717, 1.165) is 43.7 Å². The number of hydrogen-bond acceptors (Lipinski definition) is 2. The van der Waals surface area contributed by atoms with Gasteiger partial charge in [0.05, 0.1) is 0 Å². The van der Waals surface area contributed by atoms with E-state index in [1.807, 2.05) is 12.1 Å². The van der Waals surface area contributed by atoms with Crippen LogP contribution in [0.5, 0.6) is 0 Å². The third-order valence-corrected chi connectivity index (χ3v) is 5.35. The highest BCUT2D eigenvalue weighted by atomic mass is 35.5. The quantitative estimate of drug-likeness (QED) is 0.857. The SMILES string of the molecule is O=C([C@@H]1C[C@H]1c1ccc(Cl)cc1)N1CCN(C2CC2)CC1. The van der Waals surface area contributed by atoms with Crippen molar-refractivity contribution in [2.24, 2.45) is 5.92 Å². The van der Waals surface area contributed by atoms with Gasteiger partial charge in [0.25, 0.3) is 0 Å². The second-order valence-corrected chi connectivity index (χ2v) is 7.03. The van der Waals surface area contributed by atoms with Crippen molar-refractivity contribution in [1.29, 1.82) is 0 Å².